The van der Waals surface area contributed by atoms with E-state index in [-0.39, 0.29) is 25.0 Å². The number of likely N-dealkylation sites (N-methyl/N-ethyl adjacent to an activating group) is 1. The maximum atomic E-state index is 12.8. The van der Waals surface area contributed by atoms with E-state index in [1.54, 1.807) is 31.2 Å². The standard InChI is InChI=1S/C20H22Cl2N2O3/c1-13-6-4-5-7-18(13)27-12-19(25)24(14(2)20(26)23-3)11-15-8-9-16(21)10-17(15)22/h4-10,14H,11-12H2,1-3H3,(H,23,26). The van der Waals surface area contributed by atoms with Crippen molar-refractivity contribution in [1.82, 2.24) is 10.2 Å². The molecule has 0 fully saturated rings. The van der Waals surface area contributed by atoms with Crippen LogP contribution in [-0.4, -0.2) is 36.4 Å². The summed E-state index contributed by atoms with van der Waals surface area (Å²) >= 11 is 12.2. The summed E-state index contributed by atoms with van der Waals surface area (Å²) < 4.78 is 5.65. The molecule has 1 atom stereocenters. The zero-order valence-electron chi connectivity index (χ0n) is 15.5. The molecule has 0 radical (unpaired) electrons. The molecule has 5 nitrogen and oxygen atoms in total. The first kappa shape index (κ1) is 21.1. The van der Waals surface area contributed by atoms with Gasteiger partial charge in [-0.15, -0.1) is 0 Å². The molecular formula is C20H22Cl2N2O3. The second-order valence-electron chi connectivity index (χ2n) is 6.10. The zero-order chi connectivity index (χ0) is 20.0. The number of hydrogen-bond donors (Lipinski definition) is 1. The minimum Gasteiger partial charge on any atom is -0.484 e. The van der Waals surface area contributed by atoms with Crippen LogP contribution in [0.15, 0.2) is 42.5 Å². The zero-order valence-corrected chi connectivity index (χ0v) is 17.0. The van der Waals surface area contributed by atoms with Gasteiger partial charge < -0.3 is 15.0 Å². The van der Waals surface area contributed by atoms with Crippen molar-refractivity contribution in [3.8, 4) is 5.75 Å². The lowest BCUT2D eigenvalue weighted by Crippen LogP contribution is -2.48. The average molecular weight is 409 g/mol. The van der Waals surface area contributed by atoms with Crippen LogP contribution in [0, 0.1) is 6.92 Å². The largest absolute Gasteiger partial charge is 0.484 e. The molecule has 2 aromatic carbocycles. The Hall–Kier alpha value is -2.24. The van der Waals surface area contributed by atoms with Gasteiger partial charge in [0.2, 0.25) is 5.91 Å². The summed E-state index contributed by atoms with van der Waals surface area (Å²) in [6, 6.07) is 11.8. The van der Waals surface area contributed by atoms with Crippen molar-refractivity contribution in [3.05, 3.63) is 63.6 Å². The van der Waals surface area contributed by atoms with E-state index < -0.39 is 6.04 Å². The smallest absolute Gasteiger partial charge is 0.261 e. The Morgan fingerprint density at radius 3 is 2.52 bits per heavy atom. The van der Waals surface area contributed by atoms with Gasteiger partial charge in [0.15, 0.2) is 6.61 Å². The van der Waals surface area contributed by atoms with Crippen LogP contribution < -0.4 is 10.1 Å². The molecule has 2 rings (SSSR count). The Kier molecular flexibility index (Phi) is 7.51. The van der Waals surface area contributed by atoms with Gasteiger partial charge in [0.05, 0.1) is 0 Å². The molecule has 0 aliphatic rings. The van der Waals surface area contributed by atoms with Crippen LogP contribution in [0.25, 0.3) is 0 Å². The Morgan fingerprint density at radius 1 is 1.19 bits per heavy atom. The second kappa shape index (κ2) is 9.62. The van der Waals surface area contributed by atoms with Crippen molar-refractivity contribution in [2.24, 2.45) is 0 Å². The van der Waals surface area contributed by atoms with Crippen LogP contribution in [0.4, 0.5) is 0 Å². The van der Waals surface area contributed by atoms with Gasteiger partial charge in [0, 0.05) is 23.6 Å². The van der Waals surface area contributed by atoms with Crippen LogP contribution in [0.3, 0.4) is 0 Å². The molecular weight excluding hydrogens is 387 g/mol. The van der Waals surface area contributed by atoms with E-state index in [0.29, 0.717) is 21.4 Å². The molecule has 1 N–H and O–H groups in total. The van der Waals surface area contributed by atoms with Crippen LogP contribution in [-0.2, 0) is 16.1 Å². The summed E-state index contributed by atoms with van der Waals surface area (Å²) in [5.41, 5.74) is 1.62. The molecule has 27 heavy (non-hydrogen) atoms. The Bertz CT molecular complexity index is 827. The molecule has 0 saturated heterocycles. The van der Waals surface area contributed by atoms with E-state index in [1.807, 2.05) is 25.1 Å². The van der Waals surface area contributed by atoms with Crippen molar-refractivity contribution in [2.45, 2.75) is 26.4 Å². The summed E-state index contributed by atoms with van der Waals surface area (Å²) in [7, 11) is 1.53. The average Bonchev–Trinajstić information content (AvgIpc) is 2.65. The molecule has 0 saturated carbocycles. The van der Waals surface area contributed by atoms with Gasteiger partial charge in [-0.25, -0.2) is 0 Å². The maximum Gasteiger partial charge on any atom is 0.261 e. The van der Waals surface area contributed by atoms with Crippen molar-refractivity contribution in [1.29, 1.82) is 0 Å². The second-order valence-corrected chi connectivity index (χ2v) is 6.95. The summed E-state index contributed by atoms with van der Waals surface area (Å²) in [5.74, 6) is 0.0348. The Balaban J connectivity index is 2.19. The molecule has 7 heteroatoms. The maximum absolute atomic E-state index is 12.8. The number of carbonyl (C=O) groups is 2. The third-order valence-electron chi connectivity index (χ3n) is 4.21. The highest BCUT2D eigenvalue weighted by molar-refractivity contribution is 6.35. The molecule has 0 aliphatic heterocycles. The summed E-state index contributed by atoms with van der Waals surface area (Å²) in [6.07, 6.45) is 0. The van der Waals surface area contributed by atoms with Gasteiger partial charge in [-0.3, -0.25) is 9.59 Å². The third-order valence-corrected chi connectivity index (χ3v) is 4.80. The molecule has 2 aromatic rings. The number of ether oxygens (including phenoxy) is 1. The molecule has 0 spiro atoms. The van der Waals surface area contributed by atoms with Crippen LogP contribution in [0.1, 0.15) is 18.1 Å². The number of halogens is 2. The Morgan fingerprint density at radius 2 is 1.89 bits per heavy atom. The number of carbonyl (C=O) groups excluding carboxylic acids is 2. The summed E-state index contributed by atoms with van der Waals surface area (Å²) in [5, 5.41) is 3.50. The SMILES string of the molecule is CNC(=O)C(C)N(Cc1ccc(Cl)cc1Cl)C(=O)COc1ccccc1C. The van der Waals surface area contributed by atoms with Crippen molar-refractivity contribution in [3.63, 3.8) is 0 Å². The van der Waals surface area contributed by atoms with Crippen LogP contribution in [0.5, 0.6) is 5.75 Å². The lowest BCUT2D eigenvalue weighted by Gasteiger charge is -2.28. The first-order valence-corrected chi connectivity index (χ1v) is 9.22. The van der Waals surface area contributed by atoms with Gasteiger partial charge in [0.25, 0.3) is 5.91 Å². The molecule has 144 valence electrons. The van der Waals surface area contributed by atoms with Crippen molar-refractivity contribution in [2.75, 3.05) is 13.7 Å². The van der Waals surface area contributed by atoms with Crippen LogP contribution >= 0.6 is 23.2 Å². The Labute approximate surface area is 169 Å². The molecule has 2 amide bonds. The number of benzene rings is 2. The van der Waals surface area contributed by atoms with E-state index in [2.05, 4.69) is 5.32 Å². The lowest BCUT2D eigenvalue weighted by molar-refractivity contribution is -0.142. The fourth-order valence-electron chi connectivity index (χ4n) is 2.57. The predicted octanol–water partition coefficient (Wildman–Crippen LogP) is 3.84. The van der Waals surface area contributed by atoms with Gasteiger partial charge in [-0.05, 0) is 43.2 Å². The van der Waals surface area contributed by atoms with Gasteiger partial charge in [-0.1, -0.05) is 47.5 Å². The predicted molar refractivity (Wildman–Crippen MR) is 107 cm³/mol. The highest BCUT2D eigenvalue weighted by Gasteiger charge is 2.26. The van der Waals surface area contributed by atoms with E-state index >= 15 is 0 Å². The highest BCUT2D eigenvalue weighted by Crippen LogP contribution is 2.23. The van der Waals surface area contributed by atoms with Crippen molar-refractivity contribution < 1.29 is 14.3 Å². The molecule has 0 bridgehead atoms. The van der Waals surface area contributed by atoms with Gasteiger partial charge >= 0.3 is 0 Å². The number of nitrogens with one attached hydrogen (secondary N) is 1. The minimum atomic E-state index is -0.685. The van der Waals surface area contributed by atoms with E-state index in [1.165, 1.54) is 11.9 Å². The lowest BCUT2D eigenvalue weighted by atomic mass is 10.1. The number of hydrogen-bond acceptors (Lipinski definition) is 3. The quantitative estimate of drug-likeness (QED) is 0.756. The fourth-order valence-corrected chi connectivity index (χ4v) is 3.03. The highest BCUT2D eigenvalue weighted by atomic mass is 35.5. The van der Waals surface area contributed by atoms with Gasteiger partial charge in [-0.2, -0.15) is 0 Å². The van der Waals surface area contributed by atoms with Gasteiger partial charge in [0.1, 0.15) is 11.8 Å². The molecule has 1 unspecified atom stereocenters. The molecule has 0 heterocycles. The minimum absolute atomic E-state index is 0.167. The monoisotopic (exact) mass is 408 g/mol. The normalized spacial score (nSPS) is 11.6. The van der Waals surface area contributed by atoms with E-state index in [9.17, 15) is 9.59 Å². The van der Waals surface area contributed by atoms with Crippen LogP contribution in [0.2, 0.25) is 10.0 Å². The molecule has 0 aromatic heterocycles. The number of rotatable bonds is 7. The number of aryl methyl sites for hydroxylation is 1. The number of para-hydroxylation sites is 1. The third kappa shape index (κ3) is 5.62. The first-order valence-electron chi connectivity index (χ1n) is 8.47. The first-order chi connectivity index (χ1) is 12.8. The van der Waals surface area contributed by atoms with E-state index in [0.717, 1.165) is 5.56 Å². The van der Waals surface area contributed by atoms with E-state index in [4.69, 9.17) is 27.9 Å². The number of amides is 2. The topological polar surface area (TPSA) is 58.6 Å². The summed E-state index contributed by atoms with van der Waals surface area (Å²) in [4.78, 5) is 26.4. The fraction of sp³-hybridized carbons (Fsp3) is 0.300. The molecule has 0 aliphatic carbocycles. The van der Waals surface area contributed by atoms with Crippen molar-refractivity contribution >= 4 is 35.0 Å². The number of nitrogens with zero attached hydrogens (tertiary/aromatic N) is 1. The summed E-state index contributed by atoms with van der Waals surface area (Å²) in [6.45, 7) is 3.55.